The topological polar surface area (TPSA) is 0 Å². The van der Waals surface area contributed by atoms with Crippen molar-refractivity contribution in [2.24, 2.45) is 0 Å². The second-order valence-electron chi connectivity index (χ2n) is 19.4. The quantitative estimate of drug-likeness (QED) is 0.158. The molecule has 54 heavy (non-hydrogen) atoms. The van der Waals surface area contributed by atoms with Crippen LogP contribution in [0.15, 0.2) is 30.3 Å². The van der Waals surface area contributed by atoms with Gasteiger partial charge in [0.1, 0.15) is 0 Å². The summed E-state index contributed by atoms with van der Waals surface area (Å²) in [6.07, 6.45) is 37.7. The Bertz CT molecular complexity index is 1040. The fourth-order valence-corrected chi connectivity index (χ4v) is 23.5. The molecule has 2 aliphatic heterocycles. The molecule has 2 nitrogen and oxygen atoms in total. The maximum absolute atomic E-state index is 5.67. The first kappa shape index (κ1) is 50.0. The van der Waals surface area contributed by atoms with Gasteiger partial charge in [-0.3, -0.25) is 0 Å². The molecule has 0 amide bonds. The van der Waals surface area contributed by atoms with Gasteiger partial charge in [0.2, 0.25) is 0 Å². The van der Waals surface area contributed by atoms with Gasteiger partial charge in [-0.05, 0) is 103 Å². The van der Waals surface area contributed by atoms with Gasteiger partial charge >= 0.3 is 73.4 Å². The Kier molecular flexibility index (Phi) is 24.2. The predicted octanol–water partition coefficient (Wildman–Crippen LogP) is 6.98. The van der Waals surface area contributed by atoms with Crippen molar-refractivity contribution in [3.63, 3.8) is 0 Å². The predicted molar refractivity (Wildman–Crippen MR) is 237 cm³/mol. The van der Waals surface area contributed by atoms with Crippen molar-refractivity contribution < 1.29 is 47.3 Å². The van der Waals surface area contributed by atoms with Gasteiger partial charge in [0.05, 0.1) is 88.3 Å². The van der Waals surface area contributed by atoms with Crippen LogP contribution in [-0.4, -0.2) is 102 Å². The molecule has 1 aromatic carbocycles. The molecule has 316 valence electrons. The molecule has 9 heteroatoms. The minimum atomic E-state index is -1.61. The maximum atomic E-state index is 5.67. The summed E-state index contributed by atoms with van der Waals surface area (Å²) in [5.41, 5.74) is 8.26. The number of likely N-dealkylation sites (tertiary alicyclic amines) is 2. The number of benzene rings is 1. The zero-order valence-corrected chi connectivity index (χ0v) is 41.7. The third kappa shape index (κ3) is 17.0. The van der Waals surface area contributed by atoms with E-state index in [2.05, 4.69) is 28.2 Å². The minimum absolute atomic E-state index is 0. The molecular formula is C45H82Cl4N2P2Ru+2. The van der Waals surface area contributed by atoms with E-state index in [0.29, 0.717) is 0 Å². The number of halogens is 4. The number of hydrogen-bond donors (Lipinski definition) is 0. The standard InChI is InChI=1S/2C19H37NP.C7H6.4ClH.Ru/c2*1-20(2)15-13-19(14-16-20)21(17-9-5-3-6-10-17)18-11-7-4-8-12-18;1-7-5-3-2-4-6-7;;;;;/h2*17-19H,3-16H2,1-2H3;1-6H;4*1H;/q2*+1;;;;;;+2/p-2. The molecule has 7 rings (SSSR count). The zero-order valence-electron chi connectivity index (χ0n) is 35.0. The van der Waals surface area contributed by atoms with E-state index < -0.39 is 13.5 Å². The second-order valence-corrected chi connectivity index (χ2v) is 32.0. The van der Waals surface area contributed by atoms with Crippen molar-refractivity contribution in [3.8, 4) is 0 Å². The van der Waals surface area contributed by atoms with Crippen LogP contribution >= 0.6 is 35.2 Å². The molecule has 6 fully saturated rings. The van der Waals surface area contributed by atoms with E-state index in [0.717, 1.165) is 5.56 Å². The molecule has 1 aromatic rings. The average molecular weight is 956 g/mol. The first-order valence-electron chi connectivity index (χ1n) is 22.4. The number of quaternary nitrogens is 2. The van der Waals surface area contributed by atoms with Crippen LogP contribution in [0.1, 0.15) is 160 Å². The monoisotopic (exact) mass is 954 g/mol. The van der Waals surface area contributed by atoms with Crippen LogP contribution in [0.25, 0.3) is 0 Å². The Hall–Kier alpha value is 1.65. The van der Waals surface area contributed by atoms with Crippen molar-refractivity contribution >= 4 is 39.8 Å². The molecule has 2 saturated heterocycles. The van der Waals surface area contributed by atoms with Gasteiger partial charge in [0.15, 0.2) is 0 Å². The van der Waals surface area contributed by atoms with Crippen molar-refractivity contribution in [3.05, 3.63) is 35.9 Å². The van der Waals surface area contributed by atoms with Crippen LogP contribution in [0.4, 0.5) is 0 Å². The van der Waals surface area contributed by atoms with Crippen LogP contribution < -0.4 is 24.8 Å². The van der Waals surface area contributed by atoms with Crippen LogP contribution in [0.3, 0.4) is 0 Å². The van der Waals surface area contributed by atoms with Gasteiger partial charge in [-0.25, -0.2) is 0 Å². The van der Waals surface area contributed by atoms with Crippen LogP contribution in [0.5, 0.6) is 0 Å². The Morgan fingerprint density at radius 1 is 0.444 bits per heavy atom. The molecule has 4 aliphatic carbocycles. The second kappa shape index (κ2) is 26.1. The van der Waals surface area contributed by atoms with E-state index >= 15 is 0 Å². The van der Waals surface area contributed by atoms with E-state index in [4.69, 9.17) is 19.4 Å². The molecule has 0 aromatic heterocycles. The molecule has 2 heterocycles. The molecule has 4 saturated carbocycles. The summed E-state index contributed by atoms with van der Waals surface area (Å²) in [6, 6.07) is 9.89. The third-order valence-corrected chi connectivity index (χ3v) is 25.6. The van der Waals surface area contributed by atoms with Crippen molar-refractivity contribution in [2.45, 2.75) is 188 Å². The Balaban J connectivity index is 0.000000227. The summed E-state index contributed by atoms with van der Waals surface area (Å²) in [4.78, 5) is 0. The summed E-state index contributed by atoms with van der Waals surface area (Å²) in [5, 5.41) is 0. The molecule has 6 aliphatic rings. The molecule has 0 N–H and O–H groups in total. The Morgan fingerprint density at radius 2 is 0.704 bits per heavy atom. The van der Waals surface area contributed by atoms with Gasteiger partial charge < -0.3 is 33.8 Å². The zero-order chi connectivity index (χ0) is 36.8. The van der Waals surface area contributed by atoms with E-state index in [1.807, 2.05) is 34.9 Å². The normalized spacial score (nSPS) is 25.2. The molecule has 0 atom stereocenters. The van der Waals surface area contributed by atoms with Gasteiger partial charge in [-0.1, -0.05) is 25.7 Å². The molecular weight excluding hydrogens is 873 g/mol. The molecule has 0 spiro atoms. The molecule has 0 radical (unpaired) electrons. The fraction of sp³-hybridized carbons (Fsp3) is 0.844. The fourth-order valence-electron chi connectivity index (χ4n) is 11.6. The first-order chi connectivity index (χ1) is 25.1. The van der Waals surface area contributed by atoms with Gasteiger partial charge in [0, 0.05) is 41.5 Å². The van der Waals surface area contributed by atoms with E-state index in [-0.39, 0.29) is 40.7 Å². The average Bonchev–Trinajstić information content (AvgIpc) is 3.16. The summed E-state index contributed by atoms with van der Waals surface area (Å²) < 4.78 is 4.51. The van der Waals surface area contributed by atoms with Gasteiger partial charge in [-0.2, -0.15) is 0 Å². The summed E-state index contributed by atoms with van der Waals surface area (Å²) in [5.74, 6) is 0. The first-order valence-corrected chi connectivity index (χ1v) is 31.3. The third-order valence-electron chi connectivity index (χ3n) is 14.6. The van der Waals surface area contributed by atoms with Crippen LogP contribution in [-0.2, 0) is 13.5 Å². The molecule has 0 bridgehead atoms. The van der Waals surface area contributed by atoms with Gasteiger partial charge in [0.25, 0.3) is 0 Å². The van der Waals surface area contributed by atoms with E-state index in [9.17, 15) is 0 Å². The molecule has 0 unspecified atom stereocenters. The number of piperidine rings is 2. The van der Waals surface area contributed by atoms with Crippen LogP contribution in [0, 0.1) is 0 Å². The van der Waals surface area contributed by atoms with Gasteiger partial charge in [-0.15, -0.1) is 0 Å². The number of rotatable bonds is 7. The summed E-state index contributed by atoms with van der Waals surface area (Å²) in [6.45, 7) is 5.83. The van der Waals surface area contributed by atoms with E-state index in [1.165, 1.54) is 94.8 Å². The Labute approximate surface area is 362 Å². The van der Waals surface area contributed by atoms with Crippen LogP contribution in [0.2, 0.25) is 0 Å². The number of nitrogens with zero attached hydrogens (tertiary/aromatic N) is 2. The summed E-state index contributed by atoms with van der Waals surface area (Å²) in [7, 11) is 20.9. The van der Waals surface area contributed by atoms with Crippen molar-refractivity contribution in [1.82, 2.24) is 0 Å². The van der Waals surface area contributed by atoms with E-state index in [1.54, 1.807) is 128 Å². The van der Waals surface area contributed by atoms with Crippen molar-refractivity contribution in [1.29, 1.82) is 0 Å². The number of hydrogen-bond acceptors (Lipinski definition) is 0. The SMILES string of the molecule is C[N+]1(C)CCC([PH+](C2CCCCC2)C2CCCCC2)CC1.C[N+]1(C)CCC([PH+](C2CCCCC2)C2CCCCC2)CC1.[Cl-].[Cl-].[Cl][Ru]([Cl])=[CH]c1ccccc1. The Morgan fingerprint density at radius 3 is 0.963 bits per heavy atom. The summed E-state index contributed by atoms with van der Waals surface area (Å²) >= 11 is -1.61. The van der Waals surface area contributed by atoms with Crippen molar-refractivity contribution in [2.75, 3.05) is 54.4 Å².